The molecule has 0 saturated heterocycles. The Morgan fingerprint density at radius 2 is 1.79 bits per heavy atom. The van der Waals surface area contributed by atoms with Gasteiger partial charge in [0, 0.05) is 26.2 Å². The number of nitrogens with two attached hydrogens (primary N) is 1. The van der Waals surface area contributed by atoms with Crippen LogP contribution in [0.25, 0.3) is 0 Å². The molecule has 3 heteroatoms. The van der Waals surface area contributed by atoms with E-state index >= 15 is 0 Å². The highest BCUT2D eigenvalue weighted by molar-refractivity contribution is 4.60. The van der Waals surface area contributed by atoms with Crippen molar-refractivity contribution in [2.75, 3.05) is 32.8 Å². The Bertz CT molecular complexity index is 126. The highest BCUT2D eigenvalue weighted by Gasteiger charge is 2.06. The van der Waals surface area contributed by atoms with Gasteiger partial charge in [-0.2, -0.15) is 0 Å². The summed E-state index contributed by atoms with van der Waals surface area (Å²) >= 11 is 0. The Morgan fingerprint density at radius 1 is 1.14 bits per heavy atom. The van der Waals surface area contributed by atoms with Crippen LogP contribution in [0.2, 0.25) is 0 Å². The maximum absolute atomic E-state index is 5.55. The van der Waals surface area contributed by atoms with Crippen molar-refractivity contribution in [2.24, 2.45) is 11.7 Å². The van der Waals surface area contributed by atoms with Gasteiger partial charge in [0.25, 0.3) is 0 Å². The lowest BCUT2D eigenvalue weighted by Gasteiger charge is -2.23. The highest BCUT2D eigenvalue weighted by atomic mass is 16.5. The first-order valence-electron chi connectivity index (χ1n) is 5.60. The maximum atomic E-state index is 5.55. The molecule has 0 aliphatic heterocycles. The summed E-state index contributed by atoms with van der Waals surface area (Å²) in [6.07, 6.45) is 0.328. The number of rotatable bonds is 8. The van der Waals surface area contributed by atoms with E-state index in [1.54, 1.807) is 0 Å². The third kappa shape index (κ3) is 8.48. The fourth-order valence-electron chi connectivity index (χ4n) is 1.41. The lowest BCUT2D eigenvalue weighted by atomic mass is 10.2. The van der Waals surface area contributed by atoms with Crippen LogP contribution in [-0.4, -0.2) is 43.8 Å². The fourth-order valence-corrected chi connectivity index (χ4v) is 1.41. The monoisotopic (exact) mass is 202 g/mol. The predicted molar refractivity (Wildman–Crippen MR) is 61.4 cm³/mol. The molecule has 0 aromatic heterocycles. The average Bonchev–Trinajstić information content (AvgIpc) is 2.02. The Labute approximate surface area is 88.6 Å². The van der Waals surface area contributed by atoms with E-state index in [0.717, 1.165) is 32.8 Å². The summed E-state index contributed by atoms with van der Waals surface area (Å²) in [7, 11) is 0. The van der Waals surface area contributed by atoms with Crippen molar-refractivity contribution in [1.82, 2.24) is 4.90 Å². The second kappa shape index (κ2) is 8.21. The van der Waals surface area contributed by atoms with Crippen molar-refractivity contribution < 1.29 is 4.74 Å². The molecule has 0 saturated carbocycles. The van der Waals surface area contributed by atoms with Crippen molar-refractivity contribution in [1.29, 1.82) is 0 Å². The van der Waals surface area contributed by atoms with Gasteiger partial charge < -0.3 is 10.5 Å². The summed E-state index contributed by atoms with van der Waals surface area (Å²) in [4.78, 5) is 2.37. The maximum Gasteiger partial charge on any atom is 0.0596 e. The highest BCUT2D eigenvalue weighted by Crippen LogP contribution is 1.98. The van der Waals surface area contributed by atoms with Crippen LogP contribution in [0.4, 0.5) is 0 Å². The van der Waals surface area contributed by atoms with Crippen molar-refractivity contribution in [3.63, 3.8) is 0 Å². The standard InChI is InChI=1S/C11H26N2O/c1-10(2)9-13(6-5-12)7-8-14-11(3)4/h10-11H,5-9,12H2,1-4H3. The molecule has 0 unspecified atom stereocenters. The van der Waals surface area contributed by atoms with E-state index in [-0.39, 0.29) is 0 Å². The molecular formula is C11H26N2O. The van der Waals surface area contributed by atoms with E-state index in [2.05, 4.69) is 32.6 Å². The zero-order chi connectivity index (χ0) is 11.0. The van der Waals surface area contributed by atoms with Gasteiger partial charge >= 0.3 is 0 Å². The second-order valence-corrected chi connectivity index (χ2v) is 4.40. The van der Waals surface area contributed by atoms with Crippen LogP contribution in [0, 0.1) is 5.92 Å². The first kappa shape index (κ1) is 13.9. The van der Waals surface area contributed by atoms with Gasteiger partial charge in [0.05, 0.1) is 12.7 Å². The first-order valence-corrected chi connectivity index (χ1v) is 5.60. The van der Waals surface area contributed by atoms with Crippen LogP contribution in [0.15, 0.2) is 0 Å². The van der Waals surface area contributed by atoms with Gasteiger partial charge in [0.1, 0.15) is 0 Å². The van der Waals surface area contributed by atoms with Crippen LogP contribution in [0.1, 0.15) is 27.7 Å². The van der Waals surface area contributed by atoms with Gasteiger partial charge in [-0.1, -0.05) is 13.8 Å². The fraction of sp³-hybridized carbons (Fsp3) is 1.00. The van der Waals surface area contributed by atoms with Crippen molar-refractivity contribution >= 4 is 0 Å². The summed E-state index contributed by atoms with van der Waals surface area (Å²) in [6.45, 7) is 13.2. The first-order chi connectivity index (χ1) is 6.56. The molecule has 2 N–H and O–H groups in total. The Balaban J connectivity index is 3.61. The Morgan fingerprint density at radius 3 is 2.21 bits per heavy atom. The van der Waals surface area contributed by atoms with Crippen molar-refractivity contribution in [3.8, 4) is 0 Å². The minimum absolute atomic E-state index is 0.328. The summed E-state index contributed by atoms with van der Waals surface area (Å²) in [5, 5.41) is 0. The molecule has 86 valence electrons. The number of hydrogen-bond donors (Lipinski definition) is 1. The molecule has 0 amide bonds. The molecule has 0 aromatic rings. The largest absolute Gasteiger partial charge is 0.377 e. The number of nitrogens with zero attached hydrogens (tertiary/aromatic N) is 1. The number of hydrogen-bond acceptors (Lipinski definition) is 3. The molecule has 0 spiro atoms. The quantitative estimate of drug-likeness (QED) is 0.645. The smallest absolute Gasteiger partial charge is 0.0596 e. The van der Waals surface area contributed by atoms with Crippen LogP contribution in [0.5, 0.6) is 0 Å². The average molecular weight is 202 g/mol. The summed E-state index contributed by atoms with van der Waals surface area (Å²) in [5.41, 5.74) is 5.55. The summed E-state index contributed by atoms with van der Waals surface area (Å²) < 4.78 is 5.52. The molecular weight excluding hydrogens is 176 g/mol. The minimum atomic E-state index is 0.328. The van der Waals surface area contributed by atoms with Crippen LogP contribution in [-0.2, 0) is 4.74 Å². The van der Waals surface area contributed by atoms with Gasteiger partial charge in [-0.25, -0.2) is 0 Å². The molecule has 3 nitrogen and oxygen atoms in total. The van der Waals surface area contributed by atoms with Crippen LogP contribution >= 0.6 is 0 Å². The third-order valence-electron chi connectivity index (χ3n) is 1.93. The summed E-state index contributed by atoms with van der Waals surface area (Å²) in [5.74, 6) is 0.695. The van der Waals surface area contributed by atoms with Gasteiger partial charge in [0.2, 0.25) is 0 Å². The molecule has 0 rings (SSSR count). The Hall–Kier alpha value is -0.120. The molecule has 0 bridgehead atoms. The van der Waals surface area contributed by atoms with E-state index in [4.69, 9.17) is 10.5 Å². The van der Waals surface area contributed by atoms with E-state index in [1.807, 2.05) is 0 Å². The van der Waals surface area contributed by atoms with E-state index in [1.165, 1.54) is 0 Å². The third-order valence-corrected chi connectivity index (χ3v) is 1.93. The Kier molecular flexibility index (Phi) is 8.14. The molecule has 0 fully saturated rings. The molecule has 0 radical (unpaired) electrons. The zero-order valence-electron chi connectivity index (χ0n) is 10.1. The van der Waals surface area contributed by atoms with Gasteiger partial charge in [-0.05, 0) is 19.8 Å². The van der Waals surface area contributed by atoms with Crippen molar-refractivity contribution in [3.05, 3.63) is 0 Å². The predicted octanol–water partition coefficient (Wildman–Crippen LogP) is 1.33. The topological polar surface area (TPSA) is 38.5 Å². The lowest BCUT2D eigenvalue weighted by molar-refractivity contribution is 0.0573. The number of ether oxygens (including phenoxy) is 1. The van der Waals surface area contributed by atoms with E-state index in [9.17, 15) is 0 Å². The molecule has 0 aliphatic carbocycles. The SMILES string of the molecule is CC(C)CN(CCN)CCOC(C)C. The van der Waals surface area contributed by atoms with Crippen LogP contribution < -0.4 is 5.73 Å². The molecule has 0 atom stereocenters. The molecule has 0 aliphatic rings. The van der Waals surface area contributed by atoms with Gasteiger partial charge in [-0.15, -0.1) is 0 Å². The van der Waals surface area contributed by atoms with Gasteiger partial charge in [-0.3, -0.25) is 4.90 Å². The summed E-state index contributed by atoms with van der Waals surface area (Å²) in [6, 6.07) is 0. The van der Waals surface area contributed by atoms with Gasteiger partial charge in [0.15, 0.2) is 0 Å². The molecule has 14 heavy (non-hydrogen) atoms. The zero-order valence-corrected chi connectivity index (χ0v) is 10.1. The molecule has 0 aromatic carbocycles. The van der Waals surface area contributed by atoms with E-state index < -0.39 is 0 Å². The normalized spacial score (nSPS) is 12.0. The lowest BCUT2D eigenvalue weighted by Crippen LogP contribution is -2.35. The van der Waals surface area contributed by atoms with Crippen LogP contribution in [0.3, 0.4) is 0 Å². The minimum Gasteiger partial charge on any atom is -0.377 e. The molecule has 0 heterocycles. The van der Waals surface area contributed by atoms with E-state index in [0.29, 0.717) is 12.0 Å². The second-order valence-electron chi connectivity index (χ2n) is 4.40. The van der Waals surface area contributed by atoms with Crippen molar-refractivity contribution in [2.45, 2.75) is 33.8 Å².